The number of rotatable bonds is 6. The fourth-order valence-electron chi connectivity index (χ4n) is 3.60. The lowest BCUT2D eigenvalue weighted by atomic mass is 10.00. The van der Waals surface area contributed by atoms with Gasteiger partial charge in [-0.1, -0.05) is 0 Å². The number of nitrogens with zero attached hydrogens (tertiary/aromatic N) is 2. The van der Waals surface area contributed by atoms with Gasteiger partial charge in [-0.2, -0.15) is 5.26 Å². The maximum atomic E-state index is 14.9. The van der Waals surface area contributed by atoms with Crippen molar-refractivity contribution in [2.24, 2.45) is 0 Å². The van der Waals surface area contributed by atoms with Crippen molar-refractivity contribution in [3.8, 4) is 17.6 Å². The van der Waals surface area contributed by atoms with E-state index < -0.39 is 47.5 Å². The molecule has 0 fully saturated rings. The summed E-state index contributed by atoms with van der Waals surface area (Å²) in [5, 5.41) is 20.1. The van der Waals surface area contributed by atoms with Gasteiger partial charge in [0.15, 0.2) is 11.6 Å². The second-order valence-corrected chi connectivity index (χ2v) is 8.10. The summed E-state index contributed by atoms with van der Waals surface area (Å²) < 4.78 is 53.3. The highest BCUT2D eigenvalue weighted by molar-refractivity contribution is 7.12. The third-order valence-electron chi connectivity index (χ3n) is 5.22. The molecule has 0 bridgehead atoms. The van der Waals surface area contributed by atoms with Gasteiger partial charge in [-0.3, -0.25) is 9.59 Å². The van der Waals surface area contributed by atoms with Gasteiger partial charge in [0.2, 0.25) is 5.91 Å². The average molecular weight is 502 g/mol. The Balaban J connectivity index is 1.75. The number of amides is 2. The van der Waals surface area contributed by atoms with Gasteiger partial charge in [0.05, 0.1) is 35.9 Å². The molecule has 2 heterocycles. The second-order valence-electron chi connectivity index (χ2n) is 7.22. The molecule has 12 heteroatoms. The van der Waals surface area contributed by atoms with E-state index in [1.165, 1.54) is 18.6 Å². The lowest BCUT2D eigenvalue weighted by molar-refractivity contribution is -0.117. The molecule has 0 saturated carbocycles. The molecule has 0 spiro atoms. The van der Waals surface area contributed by atoms with E-state index in [-0.39, 0.29) is 45.1 Å². The Kier molecular flexibility index (Phi) is 6.19. The summed E-state index contributed by atoms with van der Waals surface area (Å²) in [4.78, 5) is 37.4. The number of carboxylic acids is 1. The van der Waals surface area contributed by atoms with Crippen LogP contribution in [-0.4, -0.2) is 30.0 Å². The van der Waals surface area contributed by atoms with Crippen LogP contribution in [0.3, 0.4) is 0 Å². The van der Waals surface area contributed by atoms with Crippen molar-refractivity contribution in [1.29, 1.82) is 5.26 Å². The molecule has 1 aromatic heterocycles. The minimum Gasteiger partial charge on any atom is -0.496 e. The molecular formula is C23H13F3N2O6S. The zero-order chi connectivity index (χ0) is 25.4. The molecule has 0 atom stereocenters. The van der Waals surface area contributed by atoms with Gasteiger partial charge in [-0.05, 0) is 29.1 Å². The van der Waals surface area contributed by atoms with Gasteiger partial charge in [-0.15, -0.1) is 11.3 Å². The minimum atomic E-state index is -1.38. The van der Waals surface area contributed by atoms with Crippen molar-refractivity contribution < 1.29 is 42.1 Å². The van der Waals surface area contributed by atoms with Crippen molar-refractivity contribution in [3.05, 3.63) is 74.2 Å². The number of imide groups is 1. The molecule has 8 nitrogen and oxygen atoms in total. The molecule has 1 aliphatic heterocycles. The minimum absolute atomic E-state index is 0.0442. The molecule has 0 saturated heterocycles. The van der Waals surface area contributed by atoms with E-state index in [0.717, 1.165) is 23.5 Å². The van der Waals surface area contributed by atoms with Crippen LogP contribution in [0.2, 0.25) is 0 Å². The number of hydrogen-bond acceptors (Lipinski definition) is 7. The molecular weight excluding hydrogens is 489 g/mol. The van der Waals surface area contributed by atoms with E-state index in [2.05, 4.69) is 0 Å². The van der Waals surface area contributed by atoms with E-state index in [1.807, 2.05) is 0 Å². The summed E-state index contributed by atoms with van der Waals surface area (Å²) in [5.74, 6) is -7.18. The molecule has 2 aromatic carbocycles. The molecule has 35 heavy (non-hydrogen) atoms. The molecule has 2 amide bonds. The SMILES string of the molecule is COc1ccc(F)c(F)c1COc1cc(N2C(=O)Cc3csc(C(=O)O)c3C2=O)c(F)cc1C#N. The molecule has 0 unspecified atom stereocenters. The molecule has 3 aromatic rings. The number of aromatic carboxylic acids is 1. The van der Waals surface area contributed by atoms with Crippen LogP contribution in [0.15, 0.2) is 29.6 Å². The van der Waals surface area contributed by atoms with Crippen molar-refractivity contribution in [1.82, 2.24) is 0 Å². The van der Waals surface area contributed by atoms with E-state index in [0.29, 0.717) is 11.0 Å². The van der Waals surface area contributed by atoms with E-state index in [9.17, 15) is 37.9 Å². The highest BCUT2D eigenvalue weighted by atomic mass is 32.1. The first kappa shape index (κ1) is 23.8. The summed E-state index contributed by atoms with van der Waals surface area (Å²) in [6.07, 6.45) is -0.355. The third kappa shape index (κ3) is 4.06. The first-order chi connectivity index (χ1) is 16.7. The summed E-state index contributed by atoms with van der Waals surface area (Å²) in [5.41, 5.74) is -1.28. The number of hydrogen-bond donors (Lipinski definition) is 1. The Morgan fingerprint density at radius 1 is 1.20 bits per heavy atom. The number of halogens is 3. The van der Waals surface area contributed by atoms with Crippen molar-refractivity contribution in [2.45, 2.75) is 13.0 Å². The Labute approximate surface area is 199 Å². The van der Waals surface area contributed by atoms with Crippen LogP contribution in [0.1, 0.15) is 36.7 Å². The van der Waals surface area contributed by atoms with Gasteiger partial charge in [0.1, 0.15) is 34.9 Å². The molecule has 1 N–H and O–H groups in total. The number of methoxy groups -OCH3 is 1. The summed E-state index contributed by atoms with van der Waals surface area (Å²) in [6.45, 7) is -0.633. The van der Waals surface area contributed by atoms with Gasteiger partial charge in [0, 0.05) is 6.07 Å². The van der Waals surface area contributed by atoms with Crippen LogP contribution in [0.4, 0.5) is 18.9 Å². The number of carboxylic acid groups (broad SMARTS) is 1. The Morgan fingerprint density at radius 2 is 1.94 bits per heavy atom. The summed E-state index contributed by atoms with van der Waals surface area (Å²) >= 11 is 0.763. The number of fused-ring (bicyclic) bond motifs is 1. The summed E-state index contributed by atoms with van der Waals surface area (Å²) in [6, 6.07) is 5.32. The van der Waals surface area contributed by atoms with Crippen molar-refractivity contribution >= 4 is 34.8 Å². The fraction of sp³-hybridized carbons (Fsp3) is 0.130. The number of carbonyl (C=O) groups is 3. The largest absolute Gasteiger partial charge is 0.496 e. The average Bonchev–Trinajstić information content (AvgIpc) is 3.25. The summed E-state index contributed by atoms with van der Waals surface area (Å²) in [7, 11) is 1.23. The quantitative estimate of drug-likeness (QED) is 0.506. The highest BCUT2D eigenvalue weighted by Gasteiger charge is 2.38. The van der Waals surface area contributed by atoms with Crippen LogP contribution in [0.25, 0.3) is 0 Å². The topological polar surface area (TPSA) is 117 Å². The maximum absolute atomic E-state index is 14.9. The standard InChI is InChI=1S/C23H13F3N2O6S/c1-33-16-3-2-13(24)20(26)12(16)8-34-17-6-15(14(25)4-10(17)7-27)28-18(29)5-11-9-35-21(23(31)32)19(11)22(28)30/h2-4,6,9H,5,8H2,1H3,(H,31,32). The lowest BCUT2D eigenvalue weighted by Gasteiger charge is -2.26. The van der Waals surface area contributed by atoms with Crippen LogP contribution in [0, 0.1) is 28.8 Å². The number of benzene rings is 2. The van der Waals surface area contributed by atoms with Crippen LogP contribution in [0.5, 0.6) is 11.5 Å². The Hall–Kier alpha value is -4.37. The third-order valence-corrected chi connectivity index (χ3v) is 6.24. The van der Waals surface area contributed by atoms with Gasteiger partial charge in [-0.25, -0.2) is 22.9 Å². The van der Waals surface area contributed by atoms with Crippen LogP contribution in [-0.2, 0) is 17.8 Å². The first-order valence-electron chi connectivity index (χ1n) is 9.76. The lowest BCUT2D eigenvalue weighted by Crippen LogP contribution is -2.43. The number of ether oxygens (including phenoxy) is 2. The predicted molar refractivity (Wildman–Crippen MR) is 115 cm³/mol. The maximum Gasteiger partial charge on any atom is 0.346 e. The molecule has 0 aliphatic carbocycles. The zero-order valence-electron chi connectivity index (χ0n) is 17.7. The molecule has 178 valence electrons. The normalized spacial score (nSPS) is 12.8. The number of thiophene rings is 1. The number of nitriles is 1. The second kappa shape index (κ2) is 9.11. The predicted octanol–water partition coefficient (Wildman–Crippen LogP) is 4.05. The fourth-order valence-corrected chi connectivity index (χ4v) is 4.50. The molecule has 1 aliphatic rings. The van der Waals surface area contributed by atoms with Crippen molar-refractivity contribution in [3.63, 3.8) is 0 Å². The van der Waals surface area contributed by atoms with Gasteiger partial charge < -0.3 is 14.6 Å². The number of anilines is 1. The monoisotopic (exact) mass is 502 g/mol. The molecule has 0 radical (unpaired) electrons. The Bertz CT molecular complexity index is 1450. The first-order valence-corrected chi connectivity index (χ1v) is 10.6. The smallest absolute Gasteiger partial charge is 0.346 e. The van der Waals surface area contributed by atoms with Crippen LogP contribution >= 0.6 is 11.3 Å². The van der Waals surface area contributed by atoms with E-state index in [4.69, 9.17) is 9.47 Å². The van der Waals surface area contributed by atoms with E-state index in [1.54, 1.807) is 6.07 Å². The number of carbonyl (C=O) groups excluding carboxylic acids is 2. The van der Waals surface area contributed by atoms with E-state index >= 15 is 0 Å². The van der Waals surface area contributed by atoms with Crippen molar-refractivity contribution in [2.75, 3.05) is 12.0 Å². The van der Waals surface area contributed by atoms with Crippen LogP contribution < -0.4 is 14.4 Å². The molecule has 4 rings (SSSR count). The Morgan fingerprint density at radius 3 is 2.60 bits per heavy atom. The van der Waals surface area contributed by atoms with Gasteiger partial charge in [0.25, 0.3) is 5.91 Å². The highest BCUT2D eigenvalue weighted by Crippen LogP contribution is 2.36. The van der Waals surface area contributed by atoms with Gasteiger partial charge >= 0.3 is 5.97 Å². The zero-order valence-corrected chi connectivity index (χ0v) is 18.5.